The van der Waals surface area contributed by atoms with E-state index in [9.17, 15) is 0 Å². The molecule has 0 aliphatic carbocycles. The number of fused-ring (bicyclic) bond motifs is 1. The molecule has 13 heavy (non-hydrogen) atoms. The van der Waals surface area contributed by atoms with E-state index in [0.717, 1.165) is 22.5 Å². The van der Waals surface area contributed by atoms with Gasteiger partial charge in [0.1, 0.15) is 0 Å². The molecule has 0 saturated carbocycles. The zero-order valence-electron chi connectivity index (χ0n) is 7.48. The van der Waals surface area contributed by atoms with Crippen LogP contribution in [-0.4, -0.2) is 13.6 Å². The number of hydrogen-bond donors (Lipinski definition) is 0. The summed E-state index contributed by atoms with van der Waals surface area (Å²) in [6.45, 7) is 1.14. The van der Waals surface area contributed by atoms with Crippen LogP contribution in [0.25, 0.3) is 0 Å². The fourth-order valence-corrected chi connectivity index (χ4v) is 2.28. The highest BCUT2D eigenvalue weighted by Crippen LogP contribution is 2.33. The van der Waals surface area contributed by atoms with Gasteiger partial charge in [-0.3, -0.25) is 0 Å². The number of anilines is 1. The Morgan fingerprint density at radius 1 is 1.46 bits per heavy atom. The first-order valence-electron chi connectivity index (χ1n) is 4.37. The van der Waals surface area contributed by atoms with E-state index in [0.29, 0.717) is 0 Å². The van der Waals surface area contributed by atoms with Crippen LogP contribution in [0.2, 0.25) is 5.02 Å². The fourth-order valence-electron chi connectivity index (χ4n) is 1.76. The minimum Gasteiger partial charge on any atom is -0.374 e. The van der Waals surface area contributed by atoms with Crippen LogP contribution in [0.3, 0.4) is 0 Å². The highest BCUT2D eigenvalue weighted by molar-refractivity contribution is 9.10. The smallest absolute Gasteiger partial charge is 0.0552 e. The predicted molar refractivity (Wildman–Crippen MR) is 60.7 cm³/mol. The molecule has 0 amide bonds. The van der Waals surface area contributed by atoms with E-state index in [-0.39, 0.29) is 0 Å². The Morgan fingerprint density at radius 3 is 3.00 bits per heavy atom. The standard InChI is InChI=1S/C10H11BrClN/c1-13-4-2-3-7-5-9(12)8(11)6-10(7)13/h5-6H,2-4H2,1H3. The van der Waals surface area contributed by atoms with Gasteiger partial charge in [0.25, 0.3) is 0 Å². The molecule has 70 valence electrons. The summed E-state index contributed by atoms with van der Waals surface area (Å²) < 4.78 is 0.988. The highest BCUT2D eigenvalue weighted by atomic mass is 79.9. The summed E-state index contributed by atoms with van der Waals surface area (Å²) in [5, 5.41) is 0.814. The predicted octanol–water partition coefficient (Wildman–Crippen LogP) is 3.48. The van der Waals surface area contributed by atoms with Crippen molar-refractivity contribution in [2.24, 2.45) is 0 Å². The van der Waals surface area contributed by atoms with Crippen LogP contribution in [0, 0.1) is 0 Å². The summed E-state index contributed by atoms with van der Waals surface area (Å²) in [5.41, 5.74) is 2.67. The van der Waals surface area contributed by atoms with Crippen LogP contribution in [-0.2, 0) is 6.42 Å². The average molecular weight is 261 g/mol. The van der Waals surface area contributed by atoms with E-state index in [1.807, 2.05) is 0 Å². The van der Waals surface area contributed by atoms with Gasteiger partial charge in [-0.25, -0.2) is 0 Å². The molecule has 1 aromatic rings. The number of rotatable bonds is 0. The summed E-state index contributed by atoms with van der Waals surface area (Å²) >= 11 is 9.47. The van der Waals surface area contributed by atoms with E-state index in [1.165, 1.54) is 17.7 Å². The van der Waals surface area contributed by atoms with Crippen molar-refractivity contribution in [3.8, 4) is 0 Å². The lowest BCUT2D eigenvalue weighted by Crippen LogP contribution is -2.24. The molecule has 0 bridgehead atoms. The number of nitrogens with zero attached hydrogens (tertiary/aromatic N) is 1. The first kappa shape index (κ1) is 9.35. The molecule has 1 aliphatic heterocycles. The fraction of sp³-hybridized carbons (Fsp3) is 0.400. The van der Waals surface area contributed by atoms with Crippen molar-refractivity contribution in [1.29, 1.82) is 0 Å². The topological polar surface area (TPSA) is 3.24 Å². The Hall–Kier alpha value is -0.210. The zero-order valence-corrected chi connectivity index (χ0v) is 9.82. The third-order valence-electron chi connectivity index (χ3n) is 2.47. The lowest BCUT2D eigenvalue weighted by molar-refractivity contribution is 0.744. The molecule has 0 radical (unpaired) electrons. The second kappa shape index (κ2) is 3.50. The quantitative estimate of drug-likeness (QED) is 0.690. The molecule has 0 saturated heterocycles. The van der Waals surface area contributed by atoms with Gasteiger partial charge in [0.15, 0.2) is 0 Å². The molecule has 0 N–H and O–H groups in total. The second-order valence-electron chi connectivity index (χ2n) is 3.42. The lowest BCUT2D eigenvalue weighted by Gasteiger charge is -2.27. The maximum absolute atomic E-state index is 6.03. The molecule has 1 aromatic carbocycles. The SMILES string of the molecule is CN1CCCc2cc(Cl)c(Br)cc21. The molecular weight excluding hydrogens is 249 g/mol. The van der Waals surface area contributed by atoms with Gasteiger partial charge >= 0.3 is 0 Å². The maximum Gasteiger partial charge on any atom is 0.0552 e. The van der Waals surface area contributed by atoms with E-state index >= 15 is 0 Å². The Balaban J connectivity index is 2.52. The van der Waals surface area contributed by atoms with Crippen molar-refractivity contribution >= 4 is 33.2 Å². The van der Waals surface area contributed by atoms with E-state index in [1.54, 1.807) is 0 Å². The summed E-state index contributed by atoms with van der Waals surface area (Å²) in [6.07, 6.45) is 2.37. The molecular formula is C10H11BrClN. The first-order chi connectivity index (χ1) is 6.18. The van der Waals surface area contributed by atoms with Crippen molar-refractivity contribution in [3.63, 3.8) is 0 Å². The van der Waals surface area contributed by atoms with Crippen LogP contribution >= 0.6 is 27.5 Å². The van der Waals surface area contributed by atoms with Crippen molar-refractivity contribution < 1.29 is 0 Å². The molecule has 1 aliphatic rings. The van der Waals surface area contributed by atoms with Crippen LogP contribution in [0.4, 0.5) is 5.69 Å². The van der Waals surface area contributed by atoms with Gasteiger partial charge in [-0.1, -0.05) is 11.6 Å². The van der Waals surface area contributed by atoms with Crippen molar-refractivity contribution in [3.05, 3.63) is 27.2 Å². The van der Waals surface area contributed by atoms with Crippen molar-refractivity contribution in [2.75, 3.05) is 18.5 Å². The Morgan fingerprint density at radius 2 is 2.23 bits per heavy atom. The third kappa shape index (κ3) is 1.70. The molecule has 0 fully saturated rings. The molecule has 0 spiro atoms. The van der Waals surface area contributed by atoms with Crippen LogP contribution in [0.5, 0.6) is 0 Å². The van der Waals surface area contributed by atoms with Gasteiger partial charge in [-0.05, 0) is 46.5 Å². The monoisotopic (exact) mass is 259 g/mol. The van der Waals surface area contributed by atoms with Crippen molar-refractivity contribution in [1.82, 2.24) is 0 Å². The molecule has 1 nitrogen and oxygen atoms in total. The minimum atomic E-state index is 0.814. The van der Waals surface area contributed by atoms with Gasteiger partial charge < -0.3 is 4.90 Å². The Kier molecular flexibility index (Phi) is 2.52. The number of hydrogen-bond acceptors (Lipinski definition) is 1. The molecule has 2 rings (SSSR count). The number of halogens is 2. The summed E-state index contributed by atoms with van der Waals surface area (Å²) in [5.74, 6) is 0. The first-order valence-corrected chi connectivity index (χ1v) is 5.54. The van der Waals surface area contributed by atoms with E-state index in [2.05, 4.69) is 40.0 Å². The van der Waals surface area contributed by atoms with Gasteiger partial charge in [0, 0.05) is 23.8 Å². The van der Waals surface area contributed by atoms with Gasteiger partial charge in [-0.2, -0.15) is 0 Å². The van der Waals surface area contributed by atoms with Crippen molar-refractivity contribution in [2.45, 2.75) is 12.8 Å². The molecule has 1 heterocycles. The average Bonchev–Trinajstić information content (AvgIpc) is 2.09. The van der Waals surface area contributed by atoms with Gasteiger partial charge in [0.05, 0.1) is 5.02 Å². The molecule has 0 atom stereocenters. The summed E-state index contributed by atoms with van der Waals surface area (Å²) in [7, 11) is 2.12. The Bertz CT molecular complexity index is 338. The summed E-state index contributed by atoms with van der Waals surface area (Å²) in [4.78, 5) is 2.28. The number of aryl methyl sites for hydroxylation is 1. The molecule has 3 heteroatoms. The van der Waals surface area contributed by atoms with Crippen LogP contribution in [0.15, 0.2) is 16.6 Å². The molecule has 0 unspecified atom stereocenters. The lowest BCUT2D eigenvalue weighted by atomic mass is 10.0. The molecule has 0 aromatic heterocycles. The second-order valence-corrected chi connectivity index (χ2v) is 4.68. The largest absolute Gasteiger partial charge is 0.374 e. The van der Waals surface area contributed by atoms with Gasteiger partial charge in [-0.15, -0.1) is 0 Å². The summed E-state index contributed by atoms with van der Waals surface area (Å²) in [6, 6.07) is 4.17. The maximum atomic E-state index is 6.03. The van der Waals surface area contributed by atoms with Crippen LogP contribution in [0.1, 0.15) is 12.0 Å². The zero-order chi connectivity index (χ0) is 9.42. The van der Waals surface area contributed by atoms with E-state index in [4.69, 9.17) is 11.6 Å². The highest BCUT2D eigenvalue weighted by Gasteiger charge is 2.15. The number of benzene rings is 1. The van der Waals surface area contributed by atoms with Gasteiger partial charge in [0.2, 0.25) is 0 Å². The minimum absolute atomic E-state index is 0.814. The Labute approximate surface area is 91.8 Å². The third-order valence-corrected chi connectivity index (χ3v) is 3.67. The van der Waals surface area contributed by atoms with Crippen LogP contribution < -0.4 is 4.90 Å². The van der Waals surface area contributed by atoms with E-state index < -0.39 is 0 Å². The normalized spacial score (nSPS) is 15.8.